The molecule has 1 N–H and O–H groups in total. The van der Waals surface area contributed by atoms with E-state index in [2.05, 4.69) is 5.32 Å². The van der Waals surface area contributed by atoms with Crippen molar-refractivity contribution in [3.63, 3.8) is 0 Å². The van der Waals surface area contributed by atoms with Crippen LogP contribution in [-0.4, -0.2) is 37.2 Å². The van der Waals surface area contributed by atoms with Gasteiger partial charge in [0.2, 0.25) is 0 Å². The predicted molar refractivity (Wildman–Crippen MR) is 67.4 cm³/mol. The fourth-order valence-corrected chi connectivity index (χ4v) is 1.95. The van der Waals surface area contributed by atoms with E-state index in [9.17, 15) is 9.59 Å². The fourth-order valence-electron chi connectivity index (χ4n) is 1.95. The number of Topliss-reactive ketones (excluding diaryl/α,β-unsaturated/α-hetero) is 1. The van der Waals surface area contributed by atoms with E-state index in [-0.39, 0.29) is 17.8 Å². The molecule has 1 rings (SSSR count). The molecule has 1 saturated heterocycles. The van der Waals surface area contributed by atoms with Crippen LogP contribution in [0, 0.1) is 5.92 Å². The minimum atomic E-state index is -0.498. The van der Waals surface area contributed by atoms with Gasteiger partial charge < -0.3 is 14.8 Å². The van der Waals surface area contributed by atoms with E-state index in [1.807, 2.05) is 13.8 Å². The molecule has 0 spiro atoms. The van der Waals surface area contributed by atoms with Crippen LogP contribution in [0.1, 0.15) is 40.0 Å². The number of hydrogen-bond acceptors (Lipinski definition) is 4. The molecule has 1 fully saturated rings. The number of alkyl carbamates (subject to hydrolysis) is 1. The molecule has 5 nitrogen and oxygen atoms in total. The van der Waals surface area contributed by atoms with E-state index in [0.29, 0.717) is 19.6 Å². The Bertz CT molecular complexity index is 285. The van der Waals surface area contributed by atoms with Crippen molar-refractivity contribution in [2.75, 3.05) is 13.2 Å². The Balaban J connectivity index is 2.42. The van der Waals surface area contributed by atoms with Crippen LogP contribution in [0.2, 0.25) is 0 Å². The zero-order valence-electron chi connectivity index (χ0n) is 11.4. The van der Waals surface area contributed by atoms with Crippen LogP contribution in [0.5, 0.6) is 0 Å². The topological polar surface area (TPSA) is 64.6 Å². The highest BCUT2D eigenvalue weighted by atomic mass is 16.6. The Morgan fingerprint density at radius 1 is 1.33 bits per heavy atom. The first kappa shape index (κ1) is 15.0. The Kier molecular flexibility index (Phi) is 6.12. The average molecular weight is 257 g/mol. The molecule has 18 heavy (non-hydrogen) atoms. The Hall–Kier alpha value is -1.10. The third kappa shape index (κ3) is 4.64. The molecule has 1 aliphatic rings. The van der Waals surface area contributed by atoms with E-state index >= 15 is 0 Å². The van der Waals surface area contributed by atoms with Crippen LogP contribution in [-0.2, 0) is 14.3 Å². The van der Waals surface area contributed by atoms with Crippen LogP contribution >= 0.6 is 0 Å². The van der Waals surface area contributed by atoms with Gasteiger partial charge in [-0.3, -0.25) is 4.79 Å². The SMILES string of the molecule is CCC(=O)[C@H](NC(=O)OC1CCOCC1)C(C)C. The summed E-state index contributed by atoms with van der Waals surface area (Å²) in [6.45, 7) is 6.86. The number of carbonyl (C=O) groups is 2. The molecule has 1 aliphatic heterocycles. The third-order valence-electron chi connectivity index (χ3n) is 3.08. The van der Waals surface area contributed by atoms with Crippen LogP contribution in [0.3, 0.4) is 0 Å². The lowest BCUT2D eigenvalue weighted by molar-refractivity contribution is -0.121. The van der Waals surface area contributed by atoms with Crippen LogP contribution in [0.25, 0.3) is 0 Å². The van der Waals surface area contributed by atoms with E-state index in [1.165, 1.54) is 0 Å². The number of carbonyl (C=O) groups excluding carboxylic acids is 2. The number of rotatable bonds is 5. The van der Waals surface area contributed by atoms with Crippen LogP contribution < -0.4 is 5.32 Å². The normalized spacial score (nSPS) is 18.4. The standard InChI is InChI=1S/C13H23NO4/c1-4-11(15)12(9(2)3)14-13(16)18-10-5-7-17-8-6-10/h9-10,12H,4-8H2,1-3H3,(H,14,16)/t12-/m1/s1. The zero-order valence-corrected chi connectivity index (χ0v) is 11.4. The highest BCUT2D eigenvalue weighted by Crippen LogP contribution is 2.12. The average Bonchev–Trinajstić information content (AvgIpc) is 2.36. The first-order valence-corrected chi connectivity index (χ1v) is 6.62. The molecule has 0 radical (unpaired) electrons. The maximum atomic E-state index is 11.7. The summed E-state index contributed by atoms with van der Waals surface area (Å²) in [5, 5.41) is 2.66. The number of hydrogen-bond donors (Lipinski definition) is 1. The molecular formula is C13H23NO4. The number of ketones is 1. The van der Waals surface area contributed by atoms with E-state index in [4.69, 9.17) is 9.47 Å². The van der Waals surface area contributed by atoms with Crippen molar-refractivity contribution < 1.29 is 19.1 Å². The molecule has 1 atom stereocenters. The lowest BCUT2D eigenvalue weighted by Crippen LogP contribution is -2.45. The number of nitrogens with one attached hydrogen (secondary N) is 1. The van der Waals surface area contributed by atoms with Gasteiger partial charge in [-0.15, -0.1) is 0 Å². The molecule has 104 valence electrons. The summed E-state index contributed by atoms with van der Waals surface area (Å²) in [5.41, 5.74) is 0. The van der Waals surface area contributed by atoms with Crippen molar-refractivity contribution in [2.24, 2.45) is 5.92 Å². The minimum absolute atomic E-state index is 0.0360. The van der Waals surface area contributed by atoms with Gasteiger partial charge >= 0.3 is 6.09 Å². The molecule has 0 saturated carbocycles. The molecule has 0 aliphatic carbocycles. The van der Waals surface area contributed by atoms with Gasteiger partial charge in [-0.05, 0) is 5.92 Å². The van der Waals surface area contributed by atoms with E-state index in [1.54, 1.807) is 6.92 Å². The smallest absolute Gasteiger partial charge is 0.408 e. The molecule has 1 heterocycles. The van der Waals surface area contributed by atoms with Crippen LogP contribution in [0.15, 0.2) is 0 Å². The number of amides is 1. The molecule has 0 bridgehead atoms. The summed E-state index contributed by atoms with van der Waals surface area (Å²) in [6.07, 6.45) is 1.27. The highest BCUT2D eigenvalue weighted by Gasteiger charge is 2.25. The summed E-state index contributed by atoms with van der Waals surface area (Å²) in [7, 11) is 0. The van der Waals surface area contributed by atoms with Crippen molar-refractivity contribution >= 4 is 11.9 Å². The fraction of sp³-hybridized carbons (Fsp3) is 0.846. The van der Waals surface area contributed by atoms with E-state index < -0.39 is 12.1 Å². The minimum Gasteiger partial charge on any atom is -0.446 e. The maximum absolute atomic E-state index is 11.7. The van der Waals surface area contributed by atoms with Gasteiger partial charge in [-0.25, -0.2) is 4.79 Å². The lowest BCUT2D eigenvalue weighted by Gasteiger charge is -2.25. The van der Waals surface area contributed by atoms with Gasteiger partial charge in [0.15, 0.2) is 5.78 Å². The first-order valence-electron chi connectivity index (χ1n) is 6.62. The lowest BCUT2D eigenvalue weighted by atomic mass is 9.99. The van der Waals surface area contributed by atoms with Crippen molar-refractivity contribution in [3.05, 3.63) is 0 Å². The second-order valence-electron chi connectivity index (χ2n) is 4.90. The predicted octanol–water partition coefficient (Wildman–Crippen LogP) is 1.90. The monoisotopic (exact) mass is 257 g/mol. The van der Waals surface area contributed by atoms with Gasteiger partial charge in [0.1, 0.15) is 6.10 Å². The summed E-state index contributed by atoms with van der Waals surface area (Å²) >= 11 is 0. The largest absolute Gasteiger partial charge is 0.446 e. The molecular weight excluding hydrogens is 234 g/mol. The van der Waals surface area contributed by atoms with Gasteiger partial charge in [-0.1, -0.05) is 20.8 Å². The third-order valence-corrected chi connectivity index (χ3v) is 3.08. The van der Waals surface area contributed by atoms with Gasteiger partial charge in [0, 0.05) is 19.3 Å². The maximum Gasteiger partial charge on any atom is 0.408 e. The molecule has 0 aromatic carbocycles. The second kappa shape index (κ2) is 7.36. The molecule has 0 aromatic heterocycles. The second-order valence-corrected chi connectivity index (χ2v) is 4.90. The first-order chi connectivity index (χ1) is 8.54. The molecule has 1 amide bonds. The summed E-state index contributed by atoms with van der Waals surface area (Å²) in [6, 6.07) is -0.456. The molecule has 5 heteroatoms. The van der Waals surface area contributed by atoms with Crippen molar-refractivity contribution in [1.82, 2.24) is 5.32 Å². The van der Waals surface area contributed by atoms with Gasteiger partial charge in [0.05, 0.1) is 19.3 Å². The zero-order chi connectivity index (χ0) is 13.5. The highest BCUT2D eigenvalue weighted by molar-refractivity contribution is 5.87. The Morgan fingerprint density at radius 3 is 2.44 bits per heavy atom. The van der Waals surface area contributed by atoms with Crippen molar-refractivity contribution in [1.29, 1.82) is 0 Å². The quantitative estimate of drug-likeness (QED) is 0.817. The number of ether oxygens (including phenoxy) is 2. The van der Waals surface area contributed by atoms with E-state index in [0.717, 1.165) is 12.8 Å². The van der Waals surface area contributed by atoms with Crippen LogP contribution in [0.4, 0.5) is 4.79 Å². The van der Waals surface area contributed by atoms with Crippen molar-refractivity contribution in [3.8, 4) is 0 Å². The Labute approximate surface area is 108 Å². The molecule has 0 unspecified atom stereocenters. The van der Waals surface area contributed by atoms with Crippen molar-refractivity contribution in [2.45, 2.75) is 52.2 Å². The molecule has 0 aromatic rings. The van der Waals surface area contributed by atoms with Gasteiger partial charge in [-0.2, -0.15) is 0 Å². The summed E-state index contributed by atoms with van der Waals surface area (Å²) in [5.74, 6) is 0.105. The Morgan fingerprint density at radius 2 is 1.94 bits per heavy atom. The summed E-state index contributed by atoms with van der Waals surface area (Å²) < 4.78 is 10.5. The van der Waals surface area contributed by atoms with Gasteiger partial charge in [0.25, 0.3) is 0 Å². The summed E-state index contributed by atoms with van der Waals surface area (Å²) in [4.78, 5) is 23.4.